The first kappa shape index (κ1) is 20.9. The first-order chi connectivity index (χ1) is 14.8. The number of carbonyl (C=O) groups excluding carboxylic acids is 1. The molecule has 3 aromatic rings. The molecule has 0 spiro atoms. The molecule has 156 valence electrons. The maximum Gasteiger partial charge on any atom is 0.229 e. The molecule has 1 aromatic heterocycles. The molecule has 0 radical (unpaired) electrons. The lowest BCUT2D eigenvalue weighted by molar-refractivity contribution is -0.120. The lowest BCUT2D eigenvalue weighted by Crippen LogP contribution is -2.38. The molecule has 0 bridgehead atoms. The van der Waals surface area contributed by atoms with Crippen LogP contribution in [0.1, 0.15) is 24.8 Å². The molecule has 4 rings (SSSR count). The van der Waals surface area contributed by atoms with Gasteiger partial charge in [0.25, 0.3) is 0 Å². The predicted molar refractivity (Wildman–Crippen MR) is 125 cm³/mol. The van der Waals surface area contributed by atoms with Crippen LogP contribution < -0.4 is 10.2 Å². The summed E-state index contributed by atoms with van der Waals surface area (Å²) < 4.78 is 0.914. The number of anilines is 2. The van der Waals surface area contributed by atoms with E-state index in [0.717, 1.165) is 48.9 Å². The van der Waals surface area contributed by atoms with Gasteiger partial charge in [0.1, 0.15) is 0 Å². The lowest BCUT2D eigenvalue weighted by atomic mass is 9.95. The maximum atomic E-state index is 12.6. The van der Waals surface area contributed by atoms with Gasteiger partial charge in [0.05, 0.1) is 0 Å². The van der Waals surface area contributed by atoms with Crippen molar-refractivity contribution in [2.45, 2.75) is 30.0 Å². The van der Waals surface area contributed by atoms with Crippen molar-refractivity contribution >= 4 is 39.8 Å². The molecule has 1 saturated heterocycles. The van der Waals surface area contributed by atoms with E-state index in [1.54, 1.807) is 11.8 Å². The van der Waals surface area contributed by atoms with Gasteiger partial charge in [-0.3, -0.25) is 4.79 Å². The molecule has 0 unspecified atom stereocenters. The highest BCUT2D eigenvalue weighted by atomic mass is 32.2. The molecule has 0 aliphatic carbocycles. The van der Waals surface area contributed by atoms with E-state index in [1.807, 2.05) is 12.1 Å². The van der Waals surface area contributed by atoms with Crippen LogP contribution in [0.4, 0.5) is 10.8 Å². The SMILES string of the molecule is O=C(Nc1nnc(SCCCc2ccccc2)s1)C1CCN(c2ccccc2)CC1. The van der Waals surface area contributed by atoms with E-state index in [1.165, 1.54) is 22.6 Å². The van der Waals surface area contributed by atoms with E-state index in [-0.39, 0.29) is 11.8 Å². The fraction of sp³-hybridized carbons (Fsp3) is 0.348. The minimum Gasteiger partial charge on any atom is -0.371 e. The van der Waals surface area contributed by atoms with Gasteiger partial charge in [0.15, 0.2) is 4.34 Å². The standard InChI is InChI=1S/C23H26N4OS2/c28-21(19-13-15-27(16-14-19)20-11-5-2-6-12-20)24-22-25-26-23(30-22)29-17-7-10-18-8-3-1-4-9-18/h1-6,8-9,11-12,19H,7,10,13-17H2,(H,24,25,28). The normalized spacial score (nSPS) is 14.6. The highest BCUT2D eigenvalue weighted by molar-refractivity contribution is 8.01. The quantitative estimate of drug-likeness (QED) is 0.301. The average Bonchev–Trinajstić information content (AvgIpc) is 3.25. The lowest BCUT2D eigenvalue weighted by Gasteiger charge is -2.32. The Kier molecular flexibility index (Phi) is 7.37. The van der Waals surface area contributed by atoms with Gasteiger partial charge >= 0.3 is 0 Å². The van der Waals surface area contributed by atoms with Gasteiger partial charge < -0.3 is 10.2 Å². The van der Waals surface area contributed by atoms with Crippen molar-refractivity contribution in [3.05, 3.63) is 66.2 Å². The van der Waals surface area contributed by atoms with E-state index in [2.05, 4.69) is 68.9 Å². The van der Waals surface area contributed by atoms with Crippen molar-refractivity contribution in [1.82, 2.24) is 10.2 Å². The summed E-state index contributed by atoms with van der Waals surface area (Å²) in [6.07, 6.45) is 3.88. The second kappa shape index (κ2) is 10.6. The van der Waals surface area contributed by atoms with Crippen molar-refractivity contribution in [1.29, 1.82) is 0 Å². The fourth-order valence-corrected chi connectivity index (χ4v) is 5.41. The van der Waals surface area contributed by atoms with Crippen LogP contribution >= 0.6 is 23.1 Å². The van der Waals surface area contributed by atoms with Crippen molar-refractivity contribution in [3.8, 4) is 0 Å². The molecule has 1 fully saturated rings. The molecule has 1 aliphatic rings. The van der Waals surface area contributed by atoms with E-state index in [4.69, 9.17) is 0 Å². The third-order valence-electron chi connectivity index (χ3n) is 5.30. The van der Waals surface area contributed by atoms with Gasteiger partial charge in [0.2, 0.25) is 11.0 Å². The number of amides is 1. The van der Waals surface area contributed by atoms with Gasteiger partial charge in [-0.2, -0.15) is 0 Å². The van der Waals surface area contributed by atoms with Crippen molar-refractivity contribution in [2.24, 2.45) is 5.92 Å². The molecule has 7 heteroatoms. The molecule has 1 aliphatic heterocycles. The number of para-hydroxylation sites is 1. The number of aryl methyl sites for hydroxylation is 1. The Morgan fingerprint density at radius 1 is 1.03 bits per heavy atom. The third kappa shape index (κ3) is 5.83. The number of hydrogen-bond donors (Lipinski definition) is 1. The number of hydrogen-bond acceptors (Lipinski definition) is 6. The Hall–Kier alpha value is -2.38. The number of rotatable bonds is 8. The Labute approximate surface area is 185 Å². The zero-order valence-electron chi connectivity index (χ0n) is 16.9. The summed E-state index contributed by atoms with van der Waals surface area (Å²) in [5, 5.41) is 12.0. The van der Waals surface area contributed by atoms with Crippen LogP contribution in [0.5, 0.6) is 0 Å². The first-order valence-electron chi connectivity index (χ1n) is 10.4. The van der Waals surface area contributed by atoms with Crippen LogP contribution in [0.2, 0.25) is 0 Å². The third-order valence-corrected chi connectivity index (χ3v) is 7.36. The van der Waals surface area contributed by atoms with Crippen molar-refractivity contribution < 1.29 is 4.79 Å². The summed E-state index contributed by atoms with van der Waals surface area (Å²) in [4.78, 5) is 15.0. The fourth-order valence-electron chi connectivity index (χ4n) is 3.65. The Balaban J connectivity index is 1.19. The summed E-state index contributed by atoms with van der Waals surface area (Å²) >= 11 is 3.18. The summed E-state index contributed by atoms with van der Waals surface area (Å²) in [5.74, 6) is 1.10. The Morgan fingerprint density at radius 3 is 2.47 bits per heavy atom. The van der Waals surface area contributed by atoms with E-state index in [0.29, 0.717) is 5.13 Å². The van der Waals surface area contributed by atoms with Crippen LogP contribution in [0.25, 0.3) is 0 Å². The van der Waals surface area contributed by atoms with Crippen LogP contribution in [-0.2, 0) is 11.2 Å². The molecule has 0 atom stereocenters. The molecule has 30 heavy (non-hydrogen) atoms. The molecule has 1 amide bonds. The molecule has 5 nitrogen and oxygen atoms in total. The second-order valence-electron chi connectivity index (χ2n) is 7.40. The van der Waals surface area contributed by atoms with Crippen LogP contribution in [0.15, 0.2) is 65.0 Å². The molecular weight excluding hydrogens is 412 g/mol. The van der Waals surface area contributed by atoms with Gasteiger partial charge in [-0.1, -0.05) is 71.6 Å². The summed E-state index contributed by atoms with van der Waals surface area (Å²) in [6, 6.07) is 20.9. The highest BCUT2D eigenvalue weighted by Gasteiger charge is 2.25. The first-order valence-corrected chi connectivity index (χ1v) is 12.2. The summed E-state index contributed by atoms with van der Waals surface area (Å²) in [5.41, 5.74) is 2.59. The Bertz CT molecular complexity index is 925. The topological polar surface area (TPSA) is 58.1 Å². The predicted octanol–water partition coefficient (Wildman–Crippen LogP) is 5.12. The van der Waals surface area contributed by atoms with Gasteiger partial charge in [0, 0.05) is 30.4 Å². The number of nitrogens with one attached hydrogen (secondary N) is 1. The monoisotopic (exact) mass is 438 g/mol. The summed E-state index contributed by atoms with van der Waals surface area (Å²) in [6.45, 7) is 1.81. The van der Waals surface area contributed by atoms with E-state index >= 15 is 0 Å². The van der Waals surface area contributed by atoms with Crippen LogP contribution in [0, 0.1) is 5.92 Å². The van der Waals surface area contributed by atoms with Crippen LogP contribution in [-0.4, -0.2) is 34.9 Å². The van der Waals surface area contributed by atoms with E-state index in [9.17, 15) is 4.79 Å². The Morgan fingerprint density at radius 2 is 1.73 bits per heavy atom. The number of nitrogens with zero attached hydrogens (tertiary/aromatic N) is 3. The van der Waals surface area contributed by atoms with Crippen LogP contribution in [0.3, 0.4) is 0 Å². The number of thioether (sulfide) groups is 1. The smallest absolute Gasteiger partial charge is 0.229 e. The number of benzene rings is 2. The maximum absolute atomic E-state index is 12.6. The molecular formula is C23H26N4OS2. The zero-order valence-corrected chi connectivity index (χ0v) is 18.5. The average molecular weight is 439 g/mol. The minimum atomic E-state index is 0.0378. The molecule has 2 aromatic carbocycles. The second-order valence-corrected chi connectivity index (χ2v) is 9.72. The largest absolute Gasteiger partial charge is 0.371 e. The number of carbonyl (C=O) groups is 1. The van der Waals surface area contributed by atoms with E-state index < -0.39 is 0 Å². The van der Waals surface area contributed by atoms with Gasteiger partial charge in [-0.05, 0) is 43.4 Å². The zero-order chi connectivity index (χ0) is 20.6. The number of aromatic nitrogens is 2. The summed E-state index contributed by atoms with van der Waals surface area (Å²) in [7, 11) is 0. The molecule has 2 heterocycles. The number of piperidine rings is 1. The van der Waals surface area contributed by atoms with Gasteiger partial charge in [-0.25, -0.2) is 0 Å². The highest BCUT2D eigenvalue weighted by Crippen LogP contribution is 2.28. The molecule has 0 saturated carbocycles. The molecule has 1 N–H and O–H groups in total. The van der Waals surface area contributed by atoms with Gasteiger partial charge in [-0.15, -0.1) is 10.2 Å². The minimum absolute atomic E-state index is 0.0378. The van der Waals surface area contributed by atoms with Crippen molar-refractivity contribution in [2.75, 3.05) is 29.1 Å². The van der Waals surface area contributed by atoms with Crippen molar-refractivity contribution in [3.63, 3.8) is 0 Å².